The second kappa shape index (κ2) is 10.1. The molecular formula is C21H25ClN2O4S. The Morgan fingerprint density at radius 1 is 1.17 bits per heavy atom. The molecule has 29 heavy (non-hydrogen) atoms. The maximum absolute atomic E-state index is 12.6. The van der Waals surface area contributed by atoms with Crippen LogP contribution in [-0.4, -0.2) is 41.0 Å². The van der Waals surface area contributed by atoms with Gasteiger partial charge in [0.2, 0.25) is 0 Å². The summed E-state index contributed by atoms with van der Waals surface area (Å²) in [5, 5.41) is 1.30. The molecule has 1 amide bonds. The van der Waals surface area contributed by atoms with Gasteiger partial charge in [-0.05, 0) is 51.0 Å². The zero-order valence-corrected chi connectivity index (χ0v) is 18.2. The number of ether oxygens (including phenoxy) is 2. The van der Waals surface area contributed by atoms with Crippen LogP contribution in [-0.2, 0) is 16.1 Å². The SMILES string of the molecule is Cc1nc(COc2ccc(Cl)cc2)sc1C(=O)OC(C)C(=O)N1CCCCCC1. The van der Waals surface area contributed by atoms with Crippen molar-refractivity contribution in [1.29, 1.82) is 0 Å². The normalized spacial score (nSPS) is 15.5. The molecule has 1 saturated heterocycles. The van der Waals surface area contributed by atoms with E-state index >= 15 is 0 Å². The van der Waals surface area contributed by atoms with Crippen LogP contribution in [0, 0.1) is 6.92 Å². The maximum atomic E-state index is 12.6. The number of likely N-dealkylation sites (tertiary alicyclic amines) is 1. The highest BCUT2D eigenvalue weighted by Crippen LogP contribution is 2.23. The van der Waals surface area contributed by atoms with Crippen molar-refractivity contribution in [2.24, 2.45) is 0 Å². The first kappa shape index (κ1) is 21.6. The van der Waals surface area contributed by atoms with E-state index in [1.165, 1.54) is 11.3 Å². The van der Waals surface area contributed by atoms with Crippen LogP contribution in [0.2, 0.25) is 5.02 Å². The fraction of sp³-hybridized carbons (Fsp3) is 0.476. The summed E-state index contributed by atoms with van der Waals surface area (Å²) in [6.45, 7) is 5.08. The van der Waals surface area contributed by atoms with Crippen molar-refractivity contribution >= 4 is 34.8 Å². The molecule has 0 N–H and O–H groups in total. The van der Waals surface area contributed by atoms with Crippen LogP contribution in [0.4, 0.5) is 0 Å². The Labute approximate surface area is 179 Å². The Hall–Kier alpha value is -2.12. The number of aromatic nitrogens is 1. The van der Waals surface area contributed by atoms with Gasteiger partial charge in [-0.15, -0.1) is 11.3 Å². The number of rotatable bonds is 6. The number of benzene rings is 1. The van der Waals surface area contributed by atoms with Crippen molar-refractivity contribution in [2.75, 3.05) is 13.1 Å². The molecule has 2 heterocycles. The van der Waals surface area contributed by atoms with Crippen molar-refractivity contribution in [1.82, 2.24) is 9.88 Å². The molecule has 0 bridgehead atoms. The molecule has 1 aromatic heterocycles. The van der Waals surface area contributed by atoms with Gasteiger partial charge in [0, 0.05) is 18.1 Å². The van der Waals surface area contributed by atoms with Gasteiger partial charge >= 0.3 is 5.97 Å². The summed E-state index contributed by atoms with van der Waals surface area (Å²) in [5.74, 6) is 0.0187. The zero-order chi connectivity index (χ0) is 20.8. The number of carbonyl (C=O) groups is 2. The Balaban J connectivity index is 1.57. The van der Waals surface area contributed by atoms with Crippen LogP contribution >= 0.6 is 22.9 Å². The summed E-state index contributed by atoms with van der Waals surface area (Å²) < 4.78 is 11.1. The molecule has 6 nitrogen and oxygen atoms in total. The number of hydrogen-bond donors (Lipinski definition) is 0. The smallest absolute Gasteiger partial charge is 0.351 e. The summed E-state index contributed by atoms with van der Waals surface area (Å²) in [5.41, 5.74) is 0.573. The van der Waals surface area contributed by atoms with Gasteiger partial charge in [0.25, 0.3) is 5.91 Å². The average molecular weight is 437 g/mol. The summed E-state index contributed by atoms with van der Waals surface area (Å²) in [6, 6.07) is 7.03. The molecule has 0 radical (unpaired) electrons. The van der Waals surface area contributed by atoms with Crippen LogP contribution in [0.3, 0.4) is 0 Å². The van der Waals surface area contributed by atoms with E-state index in [9.17, 15) is 9.59 Å². The molecule has 2 aromatic rings. The van der Waals surface area contributed by atoms with Crippen molar-refractivity contribution in [3.8, 4) is 5.75 Å². The minimum absolute atomic E-state index is 0.131. The average Bonchev–Trinajstić information content (AvgIpc) is 2.90. The number of hydrogen-bond acceptors (Lipinski definition) is 6. The lowest BCUT2D eigenvalue weighted by atomic mass is 10.2. The minimum Gasteiger partial charge on any atom is -0.486 e. The highest BCUT2D eigenvalue weighted by Gasteiger charge is 2.26. The molecule has 1 aliphatic heterocycles. The standard InChI is InChI=1S/C21H25ClN2O4S/c1-14-19(29-18(23-14)13-27-17-9-7-16(22)8-10-17)21(26)28-15(2)20(25)24-11-5-3-4-6-12-24/h7-10,15H,3-6,11-13H2,1-2H3. The first-order valence-electron chi connectivity index (χ1n) is 9.78. The predicted octanol–water partition coefficient (Wildman–Crippen LogP) is 4.63. The fourth-order valence-electron chi connectivity index (χ4n) is 3.19. The highest BCUT2D eigenvalue weighted by atomic mass is 35.5. The fourth-order valence-corrected chi connectivity index (χ4v) is 4.18. The second-order valence-corrected chi connectivity index (χ2v) is 8.57. The van der Waals surface area contributed by atoms with Crippen molar-refractivity contribution in [3.05, 3.63) is 44.9 Å². The van der Waals surface area contributed by atoms with Crippen molar-refractivity contribution in [2.45, 2.75) is 52.2 Å². The van der Waals surface area contributed by atoms with Crippen LogP contribution in [0.15, 0.2) is 24.3 Å². The largest absolute Gasteiger partial charge is 0.486 e. The van der Waals surface area contributed by atoms with Gasteiger partial charge in [-0.25, -0.2) is 9.78 Å². The molecule has 0 spiro atoms. The van der Waals surface area contributed by atoms with Crippen LogP contribution in [0.25, 0.3) is 0 Å². The van der Waals surface area contributed by atoms with Gasteiger partial charge in [0.15, 0.2) is 6.10 Å². The van der Waals surface area contributed by atoms with Gasteiger partial charge in [0.05, 0.1) is 5.69 Å². The van der Waals surface area contributed by atoms with E-state index in [2.05, 4.69) is 4.98 Å². The van der Waals surface area contributed by atoms with Gasteiger partial charge in [-0.2, -0.15) is 0 Å². The monoisotopic (exact) mass is 436 g/mol. The number of aryl methyl sites for hydroxylation is 1. The molecule has 3 rings (SSSR count). The molecule has 8 heteroatoms. The number of carbonyl (C=O) groups excluding carboxylic acids is 2. The quantitative estimate of drug-likeness (QED) is 0.617. The highest BCUT2D eigenvalue weighted by molar-refractivity contribution is 7.13. The summed E-state index contributed by atoms with van der Waals surface area (Å²) in [7, 11) is 0. The predicted molar refractivity (Wildman–Crippen MR) is 113 cm³/mol. The molecule has 0 saturated carbocycles. The second-order valence-electron chi connectivity index (χ2n) is 7.05. The molecule has 1 fully saturated rings. The summed E-state index contributed by atoms with van der Waals surface area (Å²) >= 11 is 7.09. The van der Waals surface area contributed by atoms with Crippen molar-refractivity contribution < 1.29 is 19.1 Å². The lowest BCUT2D eigenvalue weighted by Crippen LogP contribution is -2.40. The van der Waals surface area contributed by atoms with Crippen LogP contribution in [0.5, 0.6) is 5.75 Å². The van der Waals surface area contributed by atoms with E-state index in [1.807, 2.05) is 0 Å². The molecule has 1 aliphatic rings. The molecule has 1 aromatic carbocycles. The number of thiazole rings is 1. The van der Waals surface area contributed by atoms with Gasteiger partial charge < -0.3 is 14.4 Å². The number of nitrogens with zero attached hydrogens (tertiary/aromatic N) is 2. The molecule has 1 unspecified atom stereocenters. The van der Waals surface area contributed by atoms with E-state index in [0.717, 1.165) is 38.8 Å². The summed E-state index contributed by atoms with van der Waals surface area (Å²) in [4.78, 5) is 31.8. The molecule has 1 atom stereocenters. The lowest BCUT2D eigenvalue weighted by molar-refractivity contribution is -0.139. The van der Waals surface area contributed by atoms with E-state index in [1.54, 1.807) is 43.0 Å². The van der Waals surface area contributed by atoms with E-state index < -0.39 is 12.1 Å². The maximum Gasteiger partial charge on any atom is 0.351 e. The lowest BCUT2D eigenvalue weighted by Gasteiger charge is -2.23. The summed E-state index contributed by atoms with van der Waals surface area (Å²) in [6.07, 6.45) is 3.46. The minimum atomic E-state index is -0.809. The Morgan fingerprint density at radius 2 is 1.83 bits per heavy atom. The molecule has 0 aliphatic carbocycles. The van der Waals surface area contributed by atoms with E-state index in [0.29, 0.717) is 26.4 Å². The van der Waals surface area contributed by atoms with Crippen LogP contribution in [0.1, 0.15) is 53.0 Å². The van der Waals surface area contributed by atoms with E-state index in [-0.39, 0.29) is 12.5 Å². The van der Waals surface area contributed by atoms with Gasteiger partial charge in [0.1, 0.15) is 22.2 Å². The van der Waals surface area contributed by atoms with Crippen molar-refractivity contribution in [3.63, 3.8) is 0 Å². The van der Waals surface area contributed by atoms with E-state index in [4.69, 9.17) is 21.1 Å². The number of esters is 1. The number of halogens is 1. The molecular weight excluding hydrogens is 412 g/mol. The Morgan fingerprint density at radius 3 is 2.48 bits per heavy atom. The van der Waals surface area contributed by atoms with Crippen LogP contribution < -0.4 is 4.74 Å². The zero-order valence-electron chi connectivity index (χ0n) is 16.7. The first-order valence-corrected chi connectivity index (χ1v) is 11.0. The number of amides is 1. The first-order chi connectivity index (χ1) is 13.9. The third kappa shape index (κ3) is 5.93. The third-order valence-corrected chi connectivity index (χ3v) is 6.11. The Bertz CT molecular complexity index is 845. The topological polar surface area (TPSA) is 68.7 Å². The van der Waals surface area contributed by atoms with Gasteiger partial charge in [-0.1, -0.05) is 24.4 Å². The molecule has 156 valence electrons. The Kier molecular flexibility index (Phi) is 7.50. The third-order valence-electron chi connectivity index (χ3n) is 4.75. The van der Waals surface area contributed by atoms with Gasteiger partial charge in [-0.3, -0.25) is 4.79 Å².